The van der Waals surface area contributed by atoms with Gasteiger partial charge in [-0.25, -0.2) is 4.21 Å². The van der Waals surface area contributed by atoms with Gasteiger partial charge in [0, 0.05) is 5.92 Å². The van der Waals surface area contributed by atoms with Gasteiger partial charge in [0.25, 0.3) is 0 Å². The maximum absolute atomic E-state index is 10.7. The van der Waals surface area contributed by atoms with E-state index in [9.17, 15) is 4.21 Å². The molecule has 0 aliphatic carbocycles. The first-order chi connectivity index (χ1) is 5.75. The number of hydrogen-bond donors (Lipinski definition) is 1. The standard InChI is InChI=1S/C7H13NO3S/c8-12(9)4-6-1-5-2-10-3-7(5)11-6/h5-7H,1-4,8H2/t5-,6?,7+,12?/m0/s1. The van der Waals surface area contributed by atoms with Gasteiger partial charge < -0.3 is 9.47 Å². The zero-order valence-corrected chi connectivity index (χ0v) is 7.59. The monoisotopic (exact) mass is 191 g/mol. The predicted molar refractivity (Wildman–Crippen MR) is 44.8 cm³/mol. The van der Waals surface area contributed by atoms with Crippen molar-refractivity contribution in [2.75, 3.05) is 19.0 Å². The molecule has 2 saturated heterocycles. The Morgan fingerprint density at radius 2 is 2.33 bits per heavy atom. The molecule has 12 heavy (non-hydrogen) atoms. The van der Waals surface area contributed by atoms with Crippen LogP contribution < -0.4 is 5.14 Å². The van der Waals surface area contributed by atoms with Crippen LogP contribution in [0.1, 0.15) is 6.42 Å². The molecular weight excluding hydrogens is 178 g/mol. The van der Waals surface area contributed by atoms with Crippen molar-refractivity contribution in [3.05, 3.63) is 0 Å². The minimum atomic E-state index is -1.23. The lowest BCUT2D eigenvalue weighted by atomic mass is 10.0. The fraction of sp³-hybridized carbons (Fsp3) is 1.00. The van der Waals surface area contributed by atoms with E-state index >= 15 is 0 Å². The molecule has 0 aromatic carbocycles. The van der Waals surface area contributed by atoms with Crippen LogP contribution in [0, 0.1) is 5.92 Å². The molecule has 0 amide bonds. The molecular formula is C7H13NO3S. The molecule has 2 unspecified atom stereocenters. The lowest BCUT2D eigenvalue weighted by molar-refractivity contribution is 0.0303. The van der Waals surface area contributed by atoms with Gasteiger partial charge in [0.15, 0.2) is 0 Å². The molecule has 70 valence electrons. The maximum Gasteiger partial charge on any atom is 0.0914 e. The van der Waals surface area contributed by atoms with Crippen molar-refractivity contribution >= 4 is 11.0 Å². The smallest absolute Gasteiger partial charge is 0.0914 e. The summed E-state index contributed by atoms with van der Waals surface area (Å²) in [4.78, 5) is 0. The van der Waals surface area contributed by atoms with Gasteiger partial charge >= 0.3 is 0 Å². The molecule has 2 heterocycles. The first kappa shape index (κ1) is 8.62. The van der Waals surface area contributed by atoms with Gasteiger partial charge in [0.05, 0.1) is 42.2 Å². The van der Waals surface area contributed by atoms with E-state index in [4.69, 9.17) is 14.6 Å². The maximum atomic E-state index is 10.7. The molecule has 2 aliphatic rings. The minimum absolute atomic E-state index is 0.0923. The summed E-state index contributed by atoms with van der Waals surface area (Å²) in [6.07, 6.45) is 1.28. The van der Waals surface area contributed by atoms with Gasteiger partial charge in [0.2, 0.25) is 0 Å². The highest BCUT2D eigenvalue weighted by atomic mass is 32.2. The summed E-state index contributed by atoms with van der Waals surface area (Å²) in [5, 5.41) is 5.18. The van der Waals surface area contributed by atoms with E-state index in [1.807, 2.05) is 0 Å². The molecule has 5 heteroatoms. The zero-order valence-electron chi connectivity index (χ0n) is 6.77. The van der Waals surface area contributed by atoms with Gasteiger partial charge in [-0.3, -0.25) is 5.14 Å². The van der Waals surface area contributed by atoms with E-state index in [-0.39, 0.29) is 12.2 Å². The zero-order chi connectivity index (χ0) is 8.55. The third-order valence-corrected chi connectivity index (χ3v) is 3.12. The highest BCUT2D eigenvalue weighted by Gasteiger charge is 2.39. The van der Waals surface area contributed by atoms with E-state index in [0.717, 1.165) is 13.0 Å². The molecule has 0 spiro atoms. The van der Waals surface area contributed by atoms with Crippen molar-refractivity contribution in [3.8, 4) is 0 Å². The topological polar surface area (TPSA) is 61.6 Å². The Labute approximate surface area is 74.0 Å². The summed E-state index contributed by atoms with van der Waals surface area (Å²) < 4.78 is 21.5. The highest BCUT2D eigenvalue weighted by Crippen LogP contribution is 2.31. The van der Waals surface area contributed by atoms with Gasteiger partial charge in [0.1, 0.15) is 0 Å². The number of ether oxygens (including phenoxy) is 2. The largest absolute Gasteiger partial charge is 0.378 e. The Morgan fingerprint density at radius 1 is 1.50 bits per heavy atom. The van der Waals surface area contributed by atoms with Crippen molar-refractivity contribution in [2.24, 2.45) is 11.1 Å². The van der Waals surface area contributed by atoms with Crippen LogP contribution in [0.5, 0.6) is 0 Å². The first-order valence-corrected chi connectivity index (χ1v) is 5.50. The summed E-state index contributed by atoms with van der Waals surface area (Å²) >= 11 is 0. The lowest BCUT2D eigenvalue weighted by Crippen LogP contribution is -2.22. The fourth-order valence-electron chi connectivity index (χ4n) is 1.88. The summed E-state index contributed by atoms with van der Waals surface area (Å²) in [5.74, 6) is 0.978. The fourth-order valence-corrected chi connectivity index (χ4v) is 2.46. The molecule has 2 rings (SSSR count). The third-order valence-electron chi connectivity index (χ3n) is 2.42. The van der Waals surface area contributed by atoms with Crippen LogP contribution in [0.2, 0.25) is 0 Å². The number of hydrogen-bond acceptors (Lipinski definition) is 3. The van der Waals surface area contributed by atoms with Gasteiger partial charge in [-0.1, -0.05) is 0 Å². The van der Waals surface area contributed by atoms with Crippen LogP contribution in [0.25, 0.3) is 0 Å². The van der Waals surface area contributed by atoms with Crippen LogP contribution >= 0.6 is 0 Å². The van der Waals surface area contributed by atoms with E-state index < -0.39 is 11.0 Å². The predicted octanol–water partition coefficient (Wildman–Crippen LogP) is -0.587. The Morgan fingerprint density at radius 3 is 3.00 bits per heavy atom. The molecule has 2 N–H and O–H groups in total. The van der Waals surface area contributed by atoms with Crippen molar-refractivity contribution in [1.82, 2.24) is 0 Å². The first-order valence-electron chi connectivity index (χ1n) is 4.11. The molecule has 0 radical (unpaired) electrons. The summed E-state index contributed by atoms with van der Waals surface area (Å²) in [5.41, 5.74) is 0. The Bertz CT molecular complexity index is 187. The summed E-state index contributed by atoms with van der Waals surface area (Å²) in [6, 6.07) is 0. The molecule has 0 aromatic heterocycles. The van der Waals surface area contributed by atoms with Crippen molar-refractivity contribution in [3.63, 3.8) is 0 Å². The molecule has 2 fully saturated rings. The Hall–Kier alpha value is 0.0300. The minimum Gasteiger partial charge on any atom is -0.378 e. The number of nitrogens with two attached hydrogens (primary N) is 1. The van der Waals surface area contributed by atoms with E-state index in [0.29, 0.717) is 18.3 Å². The molecule has 2 aliphatic heterocycles. The normalized spacial score (nSPS) is 42.9. The van der Waals surface area contributed by atoms with Crippen LogP contribution in [0.15, 0.2) is 0 Å². The Balaban J connectivity index is 1.86. The van der Waals surface area contributed by atoms with Crippen molar-refractivity contribution < 1.29 is 13.7 Å². The molecule has 4 atom stereocenters. The molecule has 0 bridgehead atoms. The quantitative estimate of drug-likeness (QED) is 0.634. The molecule has 0 aromatic rings. The summed E-state index contributed by atoms with van der Waals surface area (Å²) in [7, 11) is -1.23. The van der Waals surface area contributed by atoms with Crippen LogP contribution in [0.4, 0.5) is 0 Å². The SMILES string of the molecule is NS(=O)CC1C[C@H]2COC[C@H]2O1. The third kappa shape index (κ3) is 1.69. The van der Waals surface area contributed by atoms with Crippen LogP contribution in [-0.4, -0.2) is 35.4 Å². The van der Waals surface area contributed by atoms with Crippen LogP contribution in [-0.2, 0) is 20.5 Å². The average Bonchev–Trinajstić information content (AvgIpc) is 2.43. The second kappa shape index (κ2) is 3.41. The van der Waals surface area contributed by atoms with E-state index in [2.05, 4.69) is 0 Å². The highest BCUT2D eigenvalue weighted by molar-refractivity contribution is 7.82. The average molecular weight is 191 g/mol. The second-order valence-corrected chi connectivity index (χ2v) is 4.47. The van der Waals surface area contributed by atoms with E-state index in [1.165, 1.54) is 0 Å². The van der Waals surface area contributed by atoms with E-state index in [1.54, 1.807) is 0 Å². The molecule has 4 nitrogen and oxygen atoms in total. The number of rotatable bonds is 2. The van der Waals surface area contributed by atoms with Gasteiger partial charge in [-0.15, -0.1) is 0 Å². The number of fused-ring (bicyclic) bond motifs is 1. The van der Waals surface area contributed by atoms with Crippen molar-refractivity contribution in [2.45, 2.75) is 18.6 Å². The van der Waals surface area contributed by atoms with Crippen molar-refractivity contribution in [1.29, 1.82) is 0 Å². The lowest BCUT2D eigenvalue weighted by Gasteiger charge is -2.09. The van der Waals surface area contributed by atoms with Gasteiger partial charge in [-0.05, 0) is 6.42 Å². The second-order valence-electron chi connectivity index (χ2n) is 3.38. The summed E-state index contributed by atoms with van der Waals surface area (Å²) in [6.45, 7) is 1.48. The van der Waals surface area contributed by atoms with Gasteiger partial charge in [-0.2, -0.15) is 0 Å². The Kier molecular flexibility index (Phi) is 2.45. The molecule has 0 saturated carbocycles. The van der Waals surface area contributed by atoms with Crippen LogP contribution in [0.3, 0.4) is 0 Å².